The lowest BCUT2D eigenvalue weighted by atomic mass is 9.73. The van der Waals surface area contributed by atoms with Crippen molar-refractivity contribution in [3.8, 4) is 11.8 Å². The number of rotatable bonds is 3. The maximum atomic E-state index is 13.7. The van der Waals surface area contributed by atoms with Crippen LogP contribution in [-0.2, 0) is 17.8 Å². The standard InChI is InChI=1S/C25H24ClFN8O/c26-17-1-3-21-16(7-17)9-32(18-5-6-36-11-18)10-23-30-31-24(35(21)23)34-14-25(15-34)12-33(13-25)22-4-2-19(27)20(8-28)29-22/h1-4,7,18H,5-6,9-15H2/t18-/m1/s1. The molecule has 4 aliphatic heterocycles. The minimum atomic E-state index is -0.584. The van der Waals surface area contributed by atoms with Crippen LogP contribution in [-0.4, -0.2) is 70.1 Å². The molecule has 11 heteroatoms. The fourth-order valence-corrected chi connectivity index (χ4v) is 6.20. The van der Waals surface area contributed by atoms with E-state index in [0.29, 0.717) is 18.4 Å². The van der Waals surface area contributed by atoms with Crippen LogP contribution >= 0.6 is 11.6 Å². The summed E-state index contributed by atoms with van der Waals surface area (Å²) in [6, 6.07) is 11.2. The highest BCUT2D eigenvalue weighted by Crippen LogP contribution is 2.44. The van der Waals surface area contributed by atoms with E-state index >= 15 is 0 Å². The van der Waals surface area contributed by atoms with Gasteiger partial charge in [-0.2, -0.15) is 5.26 Å². The summed E-state index contributed by atoms with van der Waals surface area (Å²) in [6.07, 6.45) is 1.01. The number of fused-ring (bicyclic) bond motifs is 3. The Balaban J connectivity index is 1.12. The molecule has 0 N–H and O–H groups in total. The zero-order valence-electron chi connectivity index (χ0n) is 19.6. The van der Waals surface area contributed by atoms with Crippen LogP contribution < -0.4 is 9.80 Å². The molecule has 1 spiro atoms. The molecule has 0 bridgehead atoms. The molecular weight excluding hydrogens is 483 g/mol. The van der Waals surface area contributed by atoms with Gasteiger partial charge in [0.05, 0.1) is 18.8 Å². The Morgan fingerprint density at radius 3 is 2.69 bits per heavy atom. The summed E-state index contributed by atoms with van der Waals surface area (Å²) in [4.78, 5) is 11.0. The fraction of sp³-hybridized carbons (Fsp3) is 0.440. The van der Waals surface area contributed by atoms with Crippen molar-refractivity contribution in [2.45, 2.75) is 25.6 Å². The maximum absolute atomic E-state index is 13.7. The van der Waals surface area contributed by atoms with Crippen LogP contribution in [0, 0.1) is 22.6 Å². The molecule has 0 saturated carbocycles. The Hall–Kier alpha value is -3.26. The summed E-state index contributed by atoms with van der Waals surface area (Å²) in [5.74, 6) is 1.84. The normalized spacial score (nSPS) is 22.4. The molecule has 0 radical (unpaired) electrons. The van der Waals surface area contributed by atoms with Crippen LogP contribution in [0.15, 0.2) is 30.3 Å². The van der Waals surface area contributed by atoms with E-state index in [-0.39, 0.29) is 11.1 Å². The molecule has 184 valence electrons. The Kier molecular flexibility index (Phi) is 4.96. The summed E-state index contributed by atoms with van der Waals surface area (Å²) in [5, 5.41) is 19.0. The van der Waals surface area contributed by atoms with Gasteiger partial charge in [-0.25, -0.2) is 9.37 Å². The van der Waals surface area contributed by atoms with Gasteiger partial charge in [-0.3, -0.25) is 9.47 Å². The smallest absolute Gasteiger partial charge is 0.231 e. The van der Waals surface area contributed by atoms with Crippen molar-refractivity contribution in [3.63, 3.8) is 0 Å². The third kappa shape index (κ3) is 3.45. The van der Waals surface area contributed by atoms with Crippen LogP contribution in [0.3, 0.4) is 0 Å². The van der Waals surface area contributed by atoms with Gasteiger partial charge < -0.3 is 14.5 Å². The van der Waals surface area contributed by atoms with E-state index in [4.69, 9.17) is 21.6 Å². The number of ether oxygens (including phenoxy) is 1. The molecule has 1 aromatic carbocycles. The Morgan fingerprint density at radius 2 is 1.92 bits per heavy atom. The average Bonchev–Trinajstić information content (AvgIpc) is 3.46. The molecule has 1 atom stereocenters. The number of anilines is 2. The van der Waals surface area contributed by atoms with E-state index < -0.39 is 5.82 Å². The van der Waals surface area contributed by atoms with Crippen LogP contribution in [0.4, 0.5) is 16.2 Å². The van der Waals surface area contributed by atoms with E-state index in [1.54, 1.807) is 6.07 Å². The first-order valence-corrected chi connectivity index (χ1v) is 12.5. The third-order valence-corrected chi connectivity index (χ3v) is 8.02. The largest absolute Gasteiger partial charge is 0.380 e. The summed E-state index contributed by atoms with van der Waals surface area (Å²) in [7, 11) is 0. The van der Waals surface area contributed by atoms with Crippen molar-refractivity contribution in [1.29, 1.82) is 5.26 Å². The van der Waals surface area contributed by atoms with E-state index in [0.717, 1.165) is 80.4 Å². The van der Waals surface area contributed by atoms with Crippen LogP contribution in [0.25, 0.3) is 5.69 Å². The number of hydrogen-bond acceptors (Lipinski definition) is 8. The number of aromatic nitrogens is 4. The fourth-order valence-electron chi connectivity index (χ4n) is 6.00. The van der Waals surface area contributed by atoms with Crippen molar-refractivity contribution in [2.75, 3.05) is 49.2 Å². The quantitative estimate of drug-likeness (QED) is 0.536. The maximum Gasteiger partial charge on any atom is 0.231 e. The molecule has 9 nitrogen and oxygen atoms in total. The van der Waals surface area contributed by atoms with Gasteiger partial charge in [0.2, 0.25) is 5.95 Å². The molecule has 4 aliphatic rings. The first kappa shape index (κ1) is 22.0. The topological polar surface area (TPSA) is 86.3 Å². The Bertz CT molecular complexity index is 1380. The number of nitrogens with zero attached hydrogens (tertiary/aromatic N) is 8. The van der Waals surface area contributed by atoms with E-state index in [1.807, 2.05) is 18.2 Å². The summed E-state index contributed by atoms with van der Waals surface area (Å²) >= 11 is 6.39. The van der Waals surface area contributed by atoms with Gasteiger partial charge in [0.25, 0.3) is 0 Å². The van der Waals surface area contributed by atoms with E-state index in [2.05, 4.69) is 40.5 Å². The van der Waals surface area contributed by atoms with Crippen LogP contribution in [0.1, 0.15) is 23.5 Å². The molecule has 0 aliphatic carbocycles. The second kappa shape index (κ2) is 8.13. The van der Waals surface area contributed by atoms with Gasteiger partial charge in [-0.1, -0.05) is 11.6 Å². The molecule has 6 heterocycles. The number of halogens is 2. The highest BCUT2D eigenvalue weighted by Gasteiger charge is 2.53. The highest BCUT2D eigenvalue weighted by atomic mass is 35.5. The predicted octanol–water partition coefficient (Wildman–Crippen LogP) is 2.76. The molecule has 0 amide bonds. The summed E-state index contributed by atoms with van der Waals surface area (Å²) in [6.45, 7) is 6.37. The summed E-state index contributed by atoms with van der Waals surface area (Å²) in [5.41, 5.74) is 2.21. The first-order chi connectivity index (χ1) is 17.5. The third-order valence-electron chi connectivity index (χ3n) is 7.78. The van der Waals surface area contributed by atoms with Gasteiger partial charge in [-0.05, 0) is 42.3 Å². The van der Waals surface area contributed by atoms with Crippen LogP contribution in [0.5, 0.6) is 0 Å². The number of hydrogen-bond donors (Lipinski definition) is 0. The first-order valence-electron chi connectivity index (χ1n) is 12.1. The van der Waals surface area contributed by atoms with Crippen molar-refractivity contribution in [3.05, 3.63) is 58.3 Å². The van der Waals surface area contributed by atoms with Crippen molar-refractivity contribution < 1.29 is 9.13 Å². The number of nitriles is 1. The zero-order valence-corrected chi connectivity index (χ0v) is 20.3. The SMILES string of the molecule is N#Cc1nc(N2CC3(C2)CN(c2nnc4n2-c2ccc(Cl)cc2CN([C@@H]2CCOC2)C4)C3)ccc1F. The molecule has 3 saturated heterocycles. The van der Waals surface area contributed by atoms with Gasteiger partial charge in [0.1, 0.15) is 11.9 Å². The van der Waals surface area contributed by atoms with Gasteiger partial charge in [0.15, 0.2) is 17.3 Å². The molecule has 2 aromatic heterocycles. The molecule has 3 fully saturated rings. The van der Waals surface area contributed by atoms with Crippen LogP contribution in [0.2, 0.25) is 5.02 Å². The number of pyridine rings is 1. The van der Waals surface area contributed by atoms with Gasteiger partial charge in [-0.15, -0.1) is 10.2 Å². The van der Waals surface area contributed by atoms with E-state index in [9.17, 15) is 4.39 Å². The Morgan fingerprint density at radius 1 is 1.08 bits per heavy atom. The Labute approximate surface area is 212 Å². The van der Waals surface area contributed by atoms with E-state index in [1.165, 1.54) is 6.07 Å². The van der Waals surface area contributed by atoms with Gasteiger partial charge >= 0.3 is 0 Å². The predicted molar refractivity (Wildman–Crippen MR) is 131 cm³/mol. The molecule has 7 rings (SSSR count). The van der Waals surface area contributed by atoms with Gasteiger partial charge in [0, 0.05) is 55.8 Å². The average molecular weight is 507 g/mol. The van der Waals surface area contributed by atoms with Crippen molar-refractivity contribution >= 4 is 23.4 Å². The second-order valence-electron chi connectivity index (χ2n) is 10.3. The lowest BCUT2D eigenvalue weighted by molar-refractivity contribution is 0.133. The molecule has 3 aromatic rings. The monoisotopic (exact) mass is 506 g/mol. The highest BCUT2D eigenvalue weighted by molar-refractivity contribution is 6.30. The minimum absolute atomic E-state index is 0.135. The molecule has 36 heavy (non-hydrogen) atoms. The lowest BCUT2D eigenvalue weighted by Crippen LogP contribution is -2.73. The lowest BCUT2D eigenvalue weighted by Gasteiger charge is -2.60. The molecule has 0 unspecified atom stereocenters. The minimum Gasteiger partial charge on any atom is -0.380 e. The zero-order chi connectivity index (χ0) is 24.4. The van der Waals surface area contributed by atoms with Crippen molar-refractivity contribution in [2.24, 2.45) is 5.41 Å². The summed E-state index contributed by atoms with van der Waals surface area (Å²) < 4.78 is 21.5. The van der Waals surface area contributed by atoms with Crippen molar-refractivity contribution in [1.82, 2.24) is 24.6 Å². The molecular formula is C25H24ClFN8O. The second-order valence-corrected chi connectivity index (χ2v) is 10.7. The number of benzene rings is 1.